The maximum atomic E-state index is 13.7. The number of allylic oxidation sites excluding steroid dienone is 1. The van der Waals surface area contributed by atoms with Crippen LogP contribution in [0.4, 0.5) is 0 Å². The Hall–Kier alpha value is -4.02. The van der Waals surface area contributed by atoms with Crippen LogP contribution in [0.5, 0.6) is 0 Å². The van der Waals surface area contributed by atoms with Gasteiger partial charge in [-0.3, -0.25) is 9.59 Å². The van der Waals surface area contributed by atoms with Gasteiger partial charge in [0.05, 0.1) is 12.2 Å². The third-order valence-corrected chi connectivity index (χ3v) is 9.29. The molecule has 3 aromatic rings. The van der Waals surface area contributed by atoms with E-state index in [0.29, 0.717) is 74.2 Å². The molecule has 2 N–H and O–H groups in total. The van der Waals surface area contributed by atoms with Crippen LogP contribution in [0.1, 0.15) is 76.4 Å². The SMILES string of the molecule is C=Cc1c2[n-]c(c1C)/C=C1/[N-]C(C3=c4[n-]/c(c(C)c4C(=O)[C@@H]3C=O)=C\c3[n-]c(/c(=C\O)c3CC)=C\2)[C@@H](CCC(=O)O)[C@@H]1C.[Mg+2]. The first-order valence-electron chi connectivity index (χ1n) is 14.5. The van der Waals surface area contributed by atoms with Crippen LogP contribution in [0.2, 0.25) is 0 Å². The van der Waals surface area contributed by atoms with Crippen LogP contribution in [0.25, 0.3) is 41.5 Å². The molecule has 0 radical (unpaired) electrons. The number of aliphatic hydroxyl groups excluding tert-OH is 1. The molecular weight excluding hydrogens is 569 g/mol. The standard InChI is InChI=1S/C34H32N4O5.Mg/c1-6-18-15(3)23-10-24-16(4)20(8-9-29(41)42)32(37-24)31-22(14-40)34(43)30-17(5)25(38-33(30)31)11-27-19(7-2)21(13-39)28(36-27)12-26(18)35-23;/h6,10-14,16,20,22,32H,1,7-9H2,2-5H3,(H,39,43)(H,41,42);/q-4;+2/b24-10+,28-12-;/t16-,20-,22+,32?;/m0./s1. The number of Topliss-reactive ketones (excluding diaryl/α,β-unsaturated/α-hetero) is 1. The summed E-state index contributed by atoms with van der Waals surface area (Å²) in [4.78, 5) is 52.4. The molecule has 4 atom stereocenters. The normalized spacial score (nSPS) is 24.8. The van der Waals surface area contributed by atoms with E-state index in [1.54, 1.807) is 6.08 Å². The minimum absolute atomic E-state index is 0. The third kappa shape index (κ3) is 4.71. The molecule has 1 unspecified atom stereocenters. The molecule has 0 saturated carbocycles. The van der Waals surface area contributed by atoms with E-state index in [1.807, 2.05) is 45.9 Å². The number of aromatic nitrogens is 3. The van der Waals surface area contributed by atoms with Crippen molar-refractivity contribution in [3.8, 4) is 0 Å². The van der Waals surface area contributed by atoms with Crippen molar-refractivity contribution in [3.63, 3.8) is 0 Å². The molecule has 0 aromatic carbocycles. The summed E-state index contributed by atoms with van der Waals surface area (Å²) in [5.41, 5.74) is 6.79. The van der Waals surface area contributed by atoms with E-state index in [9.17, 15) is 24.6 Å². The van der Waals surface area contributed by atoms with Gasteiger partial charge in [0.1, 0.15) is 6.29 Å². The quantitative estimate of drug-likeness (QED) is 0.245. The molecule has 10 heteroatoms. The molecule has 0 spiro atoms. The second-order valence-electron chi connectivity index (χ2n) is 11.5. The largest absolute Gasteiger partial charge is 2.00 e. The zero-order valence-corrected chi connectivity index (χ0v) is 26.6. The number of fused-ring (bicyclic) bond motifs is 8. The summed E-state index contributed by atoms with van der Waals surface area (Å²) in [5.74, 6) is -2.69. The molecule has 2 aliphatic heterocycles. The number of aliphatic hydroxyl groups is 1. The first-order chi connectivity index (χ1) is 20.6. The van der Waals surface area contributed by atoms with Crippen molar-refractivity contribution in [3.05, 3.63) is 83.8 Å². The monoisotopic (exact) mass is 600 g/mol. The number of carbonyl (C=O) groups is 3. The summed E-state index contributed by atoms with van der Waals surface area (Å²) in [6.07, 6.45) is 9.85. The molecule has 8 bridgehead atoms. The van der Waals surface area contributed by atoms with Gasteiger partial charge in [0.15, 0.2) is 5.78 Å². The van der Waals surface area contributed by atoms with Crippen LogP contribution in [0.15, 0.2) is 12.3 Å². The molecule has 1 fully saturated rings. The Bertz CT molecular complexity index is 2010. The smallest absolute Gasteiger partial charge is 0.681 e. The van der Waals surface area contributed by atoms with E-state index >= 15 is 0 Å². The number of carboxylic acids is 1. The van der Waals surface area contributed by atoms with Crippen LogP contribution in [-0.2, 0) is 16.0 Å². The fourth-order valence-electron chi connectivity index (χ4n) is 6.96. The summed E-state index contributed by atoms with van der Waals surface area (Å²) < 4.78 is 0. The van der Waals surface area contributed by atoms with Gasteiger partial charge in [0.2, 0.25) is 0 Å². The van der Waals surface area contributed by atoms with Gasteiger partial charge in [0, 0.05) is 12.0 Å². The summed E-state index contributed by atoms with van der Waals surface area (Å²) >= 11 is 0. The maximum Gasteiger partial charge on any atom is 2.00 e. The van der Waals surface area contributed by atoms with Crippen LogP contribution in [0.3, 0.4) is 0 Å². The Kier molecular flexibility index (Phi) is 8.43. The molecule has 1 saturated heterocycles. The minimum Gasteiger partial charge on any atom is -0.681 e. The zero-order valence-electron chi connectivity index (χ0n) is 25.2. The summed E-state index contributed by atoms with van der Waals surface area (Å²) in [6, 6.07) is -0.596. The number of carboxylic acid groups (broad SMARTS) is 1. The second kappa shape index (κ2) is 11.8. The number of carbonyl (C=O) groups excluding carboxylic acids is 2. The topological polar surface area (TPSA) is 148 Å². The average Bonchev–Trinajstić information content (AvgIpc) is 3.72. The van der Waals surface area contributed by atoms with Crippen LogP contribution in [-0.4, -0.2) is 57.3 Å². The van der Waals surface area contributed by atoms with Gasteiger partial charge < -0.3 is 35.3 Å². The number of aldehydes is 1. The Morgan fingerprint density at radius 3 is 2.41 bits per heavy atom. The van der Waals surface area contributed by atoms with Gasteiger partial charge >= 0.3 is 29.0 Å². The Labute approximate surface area is 270 Å². The molecular formula is C34H32MgN4O5-2. The molecule has 6 rings (SSSR count). The Morgan fingerprint density at radius 1 is 1.05 bits per heavy atom. The van der Waals surface area contributed by atoms with Crippen molar-refractivity contribution in [1.82, 2.24) is 15.0 Å². The van der Waals surface area contributed by atoms with Crippen molar-refractivity contribution in [2.45, 2.75) is 53.0 Å². The molecule has 3 aromatic heterocycles. The van der Waals surface area contributed by atoms with E-state index in [4.69, 9.17) is 20.3 Å². The number of hydrogen-bond acceptors (Lipinski definition) is 4. The van der Waals surface area contributed by atoms with Gasteiger partial charge in [0.25, 0.3) is 0 Å². The van der Waals surface area contributed by atoms with Gasteiger partial charge in [-0.2, -0.15) is 5.70 Å². The van der Waals surface area contributed by atoms with Crippen molar-refractivity contribution in [2.24, 2.45) is 17.8 Å². The first kappa shape index (κ1) is 31.4. The molecule has 3 aliphatic rings. The van der Waals surface area contributed by atoms with Crippen LogP contribution >= 0.6 is 0 Å². The van der Waals surface area contributed by atoms with Gasteiger partial charge in [-0.05, 0) is 49.3 Å². The summed E-state index contributed by atoms with van der Waals surface area (Å²) in [5, 5.41) is 27.0. The predicted octanol–water partition coefficient (Wildman–Crippen LogP) is 1.34. The van der Waals surface area contributed by atoms with E-state index < -0.39 is 17.9 Å². The van der Waals surface area contributed by atoms with Crippen molar-refractivity contribution < 1.29 is 24.6 Å². The predicted molar refractivity (Wildman–Crippen MR) is 169 cm³/mol. The van der Waals surface area contributed by atoms with Crippen LogP contribution in [0, 0.1) is 31.6 Å². The zero-order chi connectivity index (χ0) is 30.7. The van der Waals surface area contributed by atoms with Crippen molar-refractivity contribution in [1.29, 1.82) is 0 Å². The fraction of sp³-hybridized carbons (Fsp3) is 0.324. The minimum atomic E-state index is -1.03. The third-order valence-electron chi connectivity index (χ3n) is 9.29. The van der Waals surface area contributed by atoms with Gasteiger partial charge in [-0.25, -0.2) is 0 Å². The number of nitrogens with zero attached hydrogens (tertiary/aromatic N) is 4. The second-order valence-corrected chi connectivity index (χ2v) is 11.5. The first-order valence-corrected chi connectivity index (χ1v) is 14.5. The summed E-state index contributed by atoms with van der Waals surface area (Å²) in [6.45, 7) is 11.7. The van der Waals surface area contributed by atoms with E-state index in [0.717, 1.165) is 28.6 Å². The van der Waals surface area contributed by atoms with Gasteiger partial charge in [-0.1, -0.05) is 73.0 Å². The molecule has 5 heterocycles. The molecule has 222 valence electrons. The summed E-state index contributed by atoms with van der Waals surface area (Å²) in [7, 11) is 0. The molecule has 0 amide bonds. The average molecular weight is 601 g/mol. The number of rotatable bonds is 6. The number of aliphatic carboxylic acids is 1. The van der Waals surface area contributed by atoms with Crippen molar-refractivity contribution in [2.75, 3.05) is 0 Å². The number of ketones is 1. The Morgan fingerprint density at radius 2 is 1.77 bits per heavy atom. The van der Waals surface area contributed by atoms with E-state index in [-0.39, 0.29) is 47.1 Å². The fourth-order valence-corrected chi connectivity index (χ4v) is 6.96. The number of hydrogen-bond donors (Lipinski definition) is 2. The molecule has 1 aliphatic carbocycles. The van der Waals surface area contributed by atoms with E-state index in [1.165, 1.54) is 0 Å². The maximum absolute atomic E-state index is 13.7. The molecule has 9 nitrogen and oxygen atoms in total. The molecule has 44 heavy (non-hydrogen) atoms. The van der Waals surface area contributed by atoms with Crippen LogP contribution < -0.4 is 36.2 Å². The van der Waals surface area contributed by atoms with Gasteiger partial charge in [-0.15, -0.1) is 33.1 Å². The van der Waals surface area contributed by atoms with E-state index in [2.05, 4.69) is 6.58 Å². The van der Waals surface area contributed by atoms with Crippen molar-refractivity contribution >= 4 is 77.2 Å². The Balaban J connectivity index is 0.00000384.